The molecule has 2 bridgehead atoms. The molecule has 2 fully saturated rings. The Morgan fingerprint density at radius 2 is 1.89 bits per heavy atom. The number of ether oxygens (including phenoxy) is 1. The molecule has 5 atom stereocenters. The van der Waals surface area contributed by atoms with Crippen LogP contribution in [0.15, 0.2) is 12.2 Å². The van der Waals surface area contributed by atoms with Crippen molar-refractivity contribution in [2.45, 2.75) is 78.1 Å². The van der Waals surface area contributed by atoms with Crippen molar-refractivity contribution in [1.82, 2.24) is 0 Å². The van der Waals surface area contributed by atoms with Crippen LogP contribution < -0.4 is 0 Å². The van der Waals surface area contributed by atoms with Crippen LogP contribution in [-0.2, 0) is 4.74 Å². The Labute approximate surface area is 118 Å². The molecule has 0 amide bonds. The van der Waals surface area contributed by atoms with Gasteiger partial charge in [0.25, 0.3) is 0 Å². The maximum atomic E-state index is 10.8. The fraction of sp³-hybridized carbons (Fsp3) is 0.882. The standard InChI is InChI=1S/C17H30O2/c1-12-10-17(18)11-14(13(12)2)19-15(17)8-6-7-9-16(3,4)5/h6-7,12-15,18H,8-11H2,1-5H3/b7-6+/t12-,13?,14-,15+,17+/m1/s1. The Morgan fingerprint density at radius 1 is 1.21 bits per heavy atom. The fourth-order valence-electron chi connectivity index (χ4n) is 3.43. The summed E-state index contributed by atoms with van der Waals surface area (Å²) >= 11 is 0. The van der Waals surface area contributed by atoms with Crippen LogP contribution >= 0.6 is 0 Å². The summed E-state index contributed by atoms with van der Waals surface area (Å²) in [6.45, 7) is 11.2. The van der Waals surface area contributed by atoms with E-state index >= 15 is 0 Å². The van der Waals surface area contributed by atoms with Gasteiger partial charge in [-0.2, -0.15) is 0 Å². The lowest BCUT2D eigenvalue weighted by Crippen LogP contribution is -2.43. The number of rotatable bonds is 3. The molecule has 1 heterocycles. The van der Waals surface area contributed by atoms with Gasteiger partial charge in [0.15, 0.2) is 0 Å². The monoisotopic (exact) mass is 266 g/mol. The predicted molar refractivity (Wildman–Crippen MR) is 79.0 cm³/mol. The molecule has 2 heteroatoms. The van der Waals surface area contributed by atoms with Gasteiger partial charge in [0.2, 0.25) is 0 Å². The van der Waals surface area contributed by atoms with E-state index in [1.807, 2.05) is 0 Å². The van der Waals surface area contributed by atoms with Crippen molar-refractivity contribution in [2.24, 2.45) is 17.3 Å². The third-order valence-corrected chi connectivity index (χ3v) is 4.90. The van der Waals surface area contributed by atoms with Gasteiger partial charge in [0, 0.05) is 6.42 Å². The van der Waals surface area contributed by atoms with Crippen LogP contribution in [0.3, 0.4) is 0 Å². The molecule has 0 spiro atoms. The molecule has 1 saturated heterocycles. The summed E-state index contributed by atoms with van der Waals surface area (Å²) in [5.74, 6) is 1.14. The van der Waals surface area contributed by atoms with Crippen LogP contribution in [-0.4, -0.2) is 22.9 Å². The van der Waals surface area contributed by atoms with Gasteiger partial charge in [0.1, 0.15) is 0 Å². The van der Waals surface area contributed by atoms with E-state index in [9.17, 15) is 5.11 Å². The molecule has 1 aliphatic heterocycles. The molecule has 2 nitrogen and oxygen atoms in total. The Balaban J connectivity index is 1.92. The zero-order valence-corrected chi connectivity index (χ0v) is 13.1. The van der Waals surface area contributed by atoms with Crippen molar-refractivity contribution in [3.05, 3.63) is 12.2 Å². The summed E-state index contributed by atoms with van der Waals surface area (Å²) in [5, 5.41) is 10.8. The summed E-state index contributed by atoms with van der Waals surface area (Å²) in [6, 6.07) is 0. The topological polar surface area (TPSA) is 29.5 Å². The molecule has 1 unspecified atom stereocenters. The van der Waals surface area contributed by atoms with Crippen LogP contribution in [0.1, 0.15) is 60.3 Å². The Kier molecular flexibility index (Phi) is 4.13. The van der Waals surface area contributed by atoms with Crippen LogP contribution in [0, 0.1) is 17.3 Å². The van der Waals surface area contributed by atoms with Gasteiger partial charge >= 0.3 is 0 Å². The van der Waals surface area contributed by atoms with Gasteiger partial charge in [-0.25, -0.2) is 0 Å². The molecular formula is C17H30O2. The van der Waals surface area contributed by atoms with Crippen molar-refractivity contribution in [1.29, 1.82) is 0 Å². The SMILES string of the molecule is CC1[C@H](C)C[C@]2(O)C[C@H]1O[C@H]2C/C=C/CC(C)(C)C. The lowest BCUT2D eigenvalue weighted by Gasteiger charge is -2.36. The molecular weight excluding hydrogens is 236 g/mol. The van der Waals surface area contributed by atoms with Gasteiger partial charge in [-0.3, -0.25) is 0 Å². The first-order valence-corrected chi connectivity index (χ1v) is 7.74. The maximum Gasteiger partial charge on any atom is 0.0938 e. The number of allylic oxidation sites excluding steroid dienone is 1. The third-order valence-electron chi connectivity index (χ3n) is 4.90. The highest BCUT2D eigenvalue weighted by atomic mass is 16.5. The van der Waals surface area contributed by atoms with Crippen molar-refractivity contribution in [3.8, 4) is 0 Å². The van der Waals surface area contributed by atoms with Crippen LogP contribution in [0.25, 0.3) is 0 Å². The predicted octanol–water partition coefficient (Wildman–Crippen LogP) is 3.93. The van der Waals surface area contributed by atoms with Gasteiger partial charge in [-0.1, -0.05) is 46.8 Å². The van der Waals surface area contributed by atoms with E-state index in [1.165, 1.54) is 0 Å². The lowest BCUT2D eigenvalue weighted by atomic mass is 9.71. The second-order valence-corrected chi connectivity index (χ2v) is 7.98. The minimum Gasteiger partial charge on any atom is -0.387 e. The quantitative estimate of drug-likeness (QED) is 0.784. The first-order valence-electron chi connectivity index (χ1n) is 7.74. The Hall–Kier alpha value is -0.340. The van der Waals surface area contributed by atoms with Crippen LogP contribution in [0.2, 0.25) is 0 Å². The summed E-state index contributed by atoms with van der Waals surface area (Å²) < 4.78 is 6.10. The zero-order chi connectivity index (χ0) is 14.3. The van der Waals surface area contributed by atoms with E-state index in [0.29, 0.717) is 17.3 Å². The highest BCUT2D eigenvalue weighted by Gasteiger charge is 2.53. The maximum absolute atomic E-state index is 10.8. The van der Waals surface area contributed by atoms with E-state index < -0.39 is 5.60 Å². The smallest absolute Gasteiger partial charge is 0.0938 e. The van der Waals surface area contributed by atoms with E-state index in [1.54, 1.807) is 0 Å². The molecule has 1 aliphatic carbocycles. The molecule has 0 aromatic heterocycles. The minimum atomic E-state index is -0.581. The summed E-state index contributed by atoms with van der Waals surface area (Å²) in [7, 11) is 0. The van der Waals surface area contributed by atoms with Crippen LogP contribution in [0.5, 0.6) is 0 Å². The second-order valence-electron chi connectivity index (χ2n) is 7.98. The highest BCUT2D eigenvalue weighted by molar-refractivity contribution is 5.06. The fourth-order valence-corrected chi connectivity index (χ4v) is 3.43. The van der Waals surface area contributed by atoms with E-state index in [0.717, 1.165) is 25.7 Å². The van der Waals surface area contributed by atoms with Gasteiger partial charge in [0.05, 0.1) is 17.8 Å². The number of hydrogen-bond donors (Lipinski definition) is 1. The Morgan fingerprint density at radius 3 is 2.53 bits per heavy atom. The molecule has 0 aromatic rings. The molecule has 19 heavy (non-hydrogen) atoms. The van der Waals surface area contributed by atoms with Gasteiger partial charge in [-0.15, -0.1) is 0 Å². The minimum absolute atomic E-state index is 0.00104. The molecule has 0 radical (unpaired) electrons. The molecule has 1 N–H and O–H groups in total. The molecule has 2 aliphatic rings. The molecule has 110 valence electrons. The van der Waals surface area contributed by atoms with Gasteiger partial charge < -0.3 is 9.84 Å². The largest absolute Gasteiger partial charge is 0.387 e. The van der Waals surface area contributed by atoms with E-state index in [2.05, 4.69) is 46.8 Å². The second kappa shape index (κ2) is 5.21. The zero-order valence-electron chi connectivity index (χ0n) is 13.1. The van der Waals surface area contributed by atoms with Gasteiger partial charge in [-0.05, 0) is 36.5 Å². The third kappa shape index (κ3) is 3.41. The first-order chi connectivity index (χ1) is 8.71. The van der Waals surface area contributed by atoms with Crippen LogP contribution in [0.4, 0.5) is 0 Å². The number of hydrogen-bond acceptors (Lipinski definition) is 2. The molecule has 1 saturated carbocycles. The summed E-state index contributed by atoms with van der Waals surface area (Å²) in [6.07, 6.45) is 8.34. The normalized spacial score (nSPS) is 43.1. The average Bonchev–Trinajstić information content (AvgIpc) is 2.55. The molecule has 2 rings (SSSR count). The van der Waals surface area contributed by atoms with E-state index in [4.69, 9.17) is 4.74 Å². The summed E-state index contributed by atoms with van der Waals surface area (Å²) in [5.41, 5.74) is -0.245. The van der Waals surface area contributed by atoms with Crippen molar-refractivity contribution in [2.75, 3.05) is 0 Å². The Bertz CT molecular complexity index is 342. The first kappa shape index (κ1) is 15.1. The van der Waals surface area contributed by atoms with Crippen molar-refractivity contribution in [3.63, 3.8) is 0 Å². The van der Waals surface area contributed by atoms with Crippen molar-refractivity contribution < 1.29 is 9.84 Å². The average molecular weight is 266 g/mol. The molecule has 0 aromatic carbocycles. The lowest BCUT2D eigenvalue weighted by molar-refractivity contribution is -0.0423. The summed E-state index contributed by atoms with van der Waals surface area (Å²) in [4.78, 5) is 0. The highest BCUT2D eigenvalue weighted by Crippen LogP contribution is 2.47. The number of fused-ring (bicyclic) bond motifs is 2. The number of aliphatic hydroxyl groups is 1. The van der Waals surface area contributed by atoms with Crippen molar-refractivity contribution >= 4 is 0 Å². The van der Waals surface area contributed by atoms with E-state index in [-0.39, 0.29) is 12.2 Å².